The molecule has 4 nitrogen and oxygen atoms in total. The molecule has 3 aliphatic rings. The Labute approximate surface area is 245 Å². The predicted molar refractivity (Wildman–Crippen MR) is 171 cm³/mol. The van der Waals surface area contributed by atoms with Gasteiger partial charge < -0.3 is 20.8 Å². The van der Waals surface area contributed by atoms with Gasteiger partial charge in [-0.15, -0.1) is 0 Å². The lowest BCUT2D eigenvalue weighted by Gasteiger charge is -2.37. The van der Waals surface area contributed by atoms with Gasteiger partial charge >= 0.3 is 0 Å². The third-order valence-electron chi connectivity index (χ3n) is 8.65. The van der Waals surface area contributed by atoms with Gasteiger partial charge in [-0.25, -0.2) is 0 Å². The molecule has 0 saturated heterocycles. The van der Waals surface area contributed by atoms with Crippen molar-refractivity contribution in [3.63, 3.8) is 0 Å². The SMILES string of the molecule is CC(C)(C)C1=CC(=CN[C@H]2CCCC[C@@H]2NC=C2C=C(C(C)(C)C)C=C(C(C)(C)C)C2O)C(O)C(C(C)(C)C)=C1. The van der Waals surface area contributed by atoms with E-state index in [9.17, 15) is 10.2 Å². The first-order valence-electron chi connectivity index (χ1n) is 15.4. The summed E-state index contributed by atoms with van der Waals surface area (Å²) in [6.07, 6.45) is 16.1. The molecular formula is C36H58N2O2. The smallest absolute Gasteiger partial charge is 0.102 e. The number of aliphatic hydroxyl groups excluding tert-OH is 2. The summed E-state index contributed by atoms with van der Waals surface area (Å²) in [4.78, 5) is 0. The van der Waals surface area contributed by atoms with Crippen molar-refractivity contribution >= 4 is 0 Å². The highest BCUT2D eigenvalue weighted by Crippen LogP contribution is 2.41. The zero-order chi connectivity index (χ0) is 30.3. The van der Waals surface area contributed by atoms with Gasteiger partial charge in [0.1, 0.15) is 12.2 Å². The highest BCUT2D eigenvalue weighted by atomic mass is 16.3. The number of nitrogens with one attached hydrogen (secondary N) is 2. The molecule has 0 heterocycles. The molecule has 0 aromatic rings. The van der Waals surface area contributed by atoms with Crippen LogP contribution in [0.25, 0.3) is 0 Å². The summed E-state index contributed by atoms with van der Waals surface area (Å²) in [7, 11) is 0. The Morgan fingerprint density at radius 1 is 0.550 bits per heavy atom. The second-order valence-electron chi connectivity index (χ2n) is 16.3. The Hall–Kier alpha value is -2.04. The van der Waals surface area contributed by atoms with Crippen LogP contribution in [0.5, 0.6) is 0 Å². The highest BCUT2D eigenvalue weighted by Gasteiger charge is 2.34. The fraction of sp³-hybridized carbons (Fsp3) is 0.667. The molecule has 4 N–H and O–H groups in total. The van der Waals surface area contributed by atoms with Crippen molar-refractivity contribution in [2.24, 2.45) is 21.7 Å². The molecule has 224 valence electrons. The van der Waals surface area contributed by atoms with Crippen LogP contribution in [0, 0.1) is 21.7 Å². The second kappa shape index (κ2) is 11.7. The van der Waals surface area contributed by atoms with Crippen LogP contribution in [0.15, 0.2) is 70.1 Å². The van der Waals surface area contributed by atoms with Crippen LogP contribution in [0.2, 0.25) is 0 Å². The van der Waals surface area contributed by atoms with E-state index in [2.05, 4.69) is 130 Å². The standard InChI is InChI=1S/C36H58N2O2/c1-33(2,3)25-17-23(31(39)27(19-25)35(7,8)9)21-37-29-15-13-14-16-30(29)38-22-24-18-26(34(4,5)6)20-28(32(24)40)36(10,11)12/h17-22,29-32,37-40H,13-16H2,1-12H3/t29-,30-,31?,32?/m0/s1. The molecule has 0 amide bonds. The van der Waals surface area contributed by atoms with Crippen molar-refractivity contribution in [1.29, 1.82) is 0 Å². The van der Waals surface area contributed by atoms with Gasteiger partial charge in [0.05, 0.1) is 0 Å². The summed E-state index contributed by atoms with van der Waals surface area (Å²) >= 11 is 0. The van der Waals surface area contributed by atoms with E-state index in [0.29, 0.717) is 0 Å². The van der Waals surface area contributed by atoms with E-state index >= 15 is 0 Å². The minimum absolute atomic E-state index is 0.00253. The average Bonchev–Trinajstić information content (AvgIpc) is 2.80. The molecule has 3 rings (SSSR count). The third-order valence-corrected chi connectivity index (χ3v) is 8.65. The Kier molecular flexibility index (Phi) is 9.48. The van der Waals surface area contributed by atoms with E-state index in [1.807, 2.05) is 0 Å². The van der Waals surface area contributed by atoms with E-state index in [1.165, 1.54) is 24.0 Å². The maximum Gasteiger partial charge on any atom is 0.102 e. The molecule has 4 heteroatoms. The van der Waals surface area contributed by atoms with Gasteiger partial charge in [0.15, 0.2) is 0 Å². The van der Waals surface area contributed by atoms with Gasteiger partial charge in [-0.3, -0.25) is 0 Å². The van der Waals surface area contributed by atoms with Crippen LogP contribution < -0.4 is 10.6 Å². The molecule has 0 bridgehead atoms. The van der Waals surface area contributed by atoms with Gasteiger partial charge in [0, 0.05) is 35.6 Å². The molecule has 0 aliphatic heterocycles. The number of rotatable bonds is 4. The topological polar surface area (TPSA) is 64.5 Å². The number of allylic oxidation sites excluding steroid dienone is 4. The summed E-state index contributed by atoms with van der Waals surface area (Å²) in [6, 6.07) is 0.482. The van der Waals surface area contributed by atoms with Crippen LogP contribution in [-0.4, -0.2) is 34.5 Å². The van der Waals surface area contributed by atoms with E-state index in [0.717, 1.165) is 35.1 Å². The van der Waals surface area contributed by atoms with Gasteiger partial charge in [0.25, 0.3) is 0 Å². The Morgan fingerprint density at radius 2 is 0.875 bits per heavy atom. The normalized spacial score (nSPS) is 29.1. The lowest BCUT2D eigenvalue weighted by molar-refractivity contribution is 0.216. The molecule has 1 fully saturated rings. The second-order valence-corrected chi connectivity index (χ2v) is 16.3. The van der Waals surface area contributed by atoms with Crippen LogP contribution in [0.4, 0.5) is 0 Å². The zero-order valence-corrected chi connectivity index (χ0v) is 27.5. The van der Waals surface area contributed by atoms with Crippen molar-refractivity contribution in [2.75, 3.05) is 0 Å². The highest BCUT2D eigenvalue weighted by molar-refractivity contribution is 5.49. The molecule has 2 unspecified atom stereocenters. The van der Waals surface area contributed by atoms with Crippen LogP contribution in [0.1, 0.15) is 109 Å². The largest absolute Gasteiger partial charge is 0.386 e. The van der Waals surface area contributed by atoms with Crippen molar-refractivity contribution < 1.29 is 10.2 Å². The fourth-order valence-corrected chi connectivity index (χ4v) is 5.75. The van der Waals surface area contributed by atoms with Gasteiger partial charge in [-0.05, 0) is 56.8 Å². The lowest BCUT2D eigenvalue weighted by atomic mass is 9.73. The Morgan fingerprint density at radius 3 is 1.15 bits per heavy atom. The molecule has 40 heavy (non-hydrogen) atoms. The summed E-state index contributed by atoms with van der Waals surface area (Å²) in [5.41, 5.74) is 6.23. The minimum Gasteiger partial charge on any atom is -0.386 e. The quantitative estimate of drug-likeness (QED) is 0.287. The molecule has 3 aliphatic carbocycles. The van der Waals surface area contributed by atoms with E-state index in [-0.39, 0.29) is 33.7 Å². The first-order chi connectivity index (χ1) is 18.2. The lowest BCUT2D eigenvalue weighted by Crippen LogP contribution is -2.47. The first-order valence-corrected chi connectivity index (χ1v) is 15.4. The van der Waals surface area contributed by atoms with Crippen molar-refractivity contribution in [1.82, 2.24) is 10.6 Å². The zero-order valence-electron chi connectivity index (χ0n) is 27.5. The average molecular weight is 551 g/mol. The predicted octanol–water partition coefficient (Wildman–Crippen LogP) is 7.88. The van der Waals surface area contributed by atoms with Gasteiger partial charge in [-0.2, -0.15) is 0 Å². The summed E-state index contributed by atoms with van der Waals surface area (Å²) in [6.45, 7) is 26.4. The summed E-state index contributed by atoms with van der Waals surface area (Å²) in [5, 5.41) is 30.1. The summed E-state index contributed by atoms with van der Waals surface area (Å²) in [5.74, 6) is 0. The Bertz CT molecular complexity index is 1030. The van der Waals surface area contributed by atoms with Crippen molar-refractivity contribution in [3.8, 4) is 0 Å². The molecule has 1 saturated carbocycles. The molecule has 0 spiro atoms. The van der Waals surface area contributed by atoms with Crippen molar-refractivity contribution in [3.05, 3.63) is 70.1 Å². The van der Waals surface area contributed by atoms with E-state index < -0.39 is 12.2 Å². The third kappa shape index (κ3) is 7.82. The first kappa shape index (κ1) is 32.5. The van der Waals surface area contributed by atoms with Gasteiger partial charge in [0.2, 0.25) is 0 Å². The van der Waals surface area contributed by atoms with Gasteiger partial charge in [-0.1, -0.05) is 120 Å². The van der Waals surface area contributed by atoms with Crippen LogP contribution in [-0.2, 0) is 0 Å². The van der Waals surface area contributed by atoms with E-state index in [1.54, 1.807) is 0 Å². The molecule has 0 aromatic carbocycles. The number of hydrogen-bond donors (Lipinski definition) is 4. The molecule has 4 atom stereocenters. The minimum atomic E-state index is -0.614. The summed E-state index contributed by atoms with van der Waals surface area (Å²) < 4.78 is 0. The van der Waals surface area contributed by atoms with Crippen molar-refractivity contribution in [2.45, 2.75) is 133 Å². The van der Waals surface area contributed by atoms with E-state index in [4.69, 9.17) is 0 Å². The molecule has 0 aromatic heterocycles. The molecular weight excluding hydrogens is 492 g/mol. The maximum atomic E-state index is 11.3. The molecule has 0 radical (unpaired) electrons. The maximum absolute atomic E-state index is 11.3. The fourth-order valence-electron chi connectivity index (χ4n) is 5.75. The monoisotopic (exact) mass is 550 g/mol. The van der Waals surface area contributed by atoms with Crippen LogP contribution >= 0.6 is 0 Å². The van der Waals surface area contributed by atoms with Crippen LogP contribution in [0.3, 0.4) is 0 Å². The number of aliphatic hydroxyl groups is 2. The Balaban J connectivity index is 1.86. The number of hydrogen-bond acceptors (Lipinski definition) is 4.